The molecule has 512 valence electrons. The van der Waals surface area contributed by atoms with E-state index in [0.717, 1.165) is 51.4 Å². The van der Waals surface area contributed by atoms with Crippen molar-refractivity contribution in [3.8, 4) is 0 Å². The number of carbonyl (C=O) groups excluding carboxylic acids is 2. The second-order valence-electron chi connectivity index (χ2n) is 27.0. The smallest absolute Gasteiger partial charge is 0.305 e. The molecule has 3 N–H and O–H groups in total. The normalized spacial score (nSPS) is 12.7. The number of nitrogens with one attached hydrogen (secondary N) is 1. The third-order valence-electron chi connectivity index (χ3n) is 18.3. The van der Waals surface area contributed by atoms with E-state index in [1.807, 2.05) is 6.08 Å². The molecule has 1 amide bonds. The summed E-state index contributed by atoms with van der Waals surface area (Å²) < 4.78 is 5.50. The number of esters is 1. The van der Waals surface area contributed by atoms with Crippen LogP contribution in [0.5, 0.6) is 0 Å². The Labute approximate surface area is 544 Å². The third kappa shape index (κ3) is 72.8. The van der Waals surface area contributed by atoms with Gasteiger partial charge in [-0.25, -0.2) is 0 Å². The first-order chi connectivity index (χ1) is 43.0. The van der Waals surface area contributed by atoms with E-state index < -0.39 is 12.1 Å². The lowest BCUT2D eigenvalue weighted by molar-refractivity contribution is -0.143. The Morgan fingerprint density at radius 3 is 0.908 bits per heavy atom. The van der Waals surface area contributed by atoms with Crippen LogP contribution in [0.25, 0.3) is 0 Å². The molecular formula is C81H153NO5. The van der Waals surface area contributed by atoms with Gasteiger partial charge in [-0.3, -0.25) is 9.59 Å². The summed E-state index contributed by atoms with van der Waals surface area (Å²) in [6.07, 6.45) is 101. The third-order valence-corrected chi connectivity index (χ3v) is 18.3. The number of allylic oxidation sites excluding steroid dienone is 7. The standard InChI is InChI=1S/C81H153NO5/c1-3-5-7-9-11-13-15-17-19-21-22-23-24-29-32-35-38-42-45-49-53-57-61-65-69-73-79(84)78(77-83)82-80(85)74-70-66-62-58-54-50-46-43-39-36-33-30-27-25-26-28-31-34-37-40-44-48-52-56-60-64-68-72-76-87-81(86)75-71-67-63-59-55-51-47-41-20-18-16-14-12-10-8-6-4-2/h12,14,18,20,25-26,69,73,78-79,83-84H,3-11,13,15-17,19,21-24,27-68,70-72,74-77H2,1-2H3,(H,82,85)/b14-12-,20-18-,26-25-,73-69+. The highest BCUT2D eigenvalue weighted by atomic mass is 16.5. The molecule has 0 saturated heterocycles. The van der Waals surface area contributed by atoms with E-state index in [2.05, 4.69) is 55.6 Å². The predicted molar refractivity (Wildman–Crippen MR) is 384 cm³/mol. The highest BCUT2D eigenvalue weighted by Crippen LogP contribution is 2.19. The molecule has 0 aliphatic rings. The summed E-state index contributed by atoms with van der Waals surface area (Å²) in [7, 11) is 0. The molecule has 0 rings (SSSR count). The molecule has 0 radical (unpaired) electrons. The summed E-state index contributed by atoms with van der Waals surface area (Å²) >= 11 is 0. The van der Waals surface area contributed by atoms with Gasteiger partial charge < -0.3 is 20.3 Å². The van der Waals surface area contributed by atoms with Crippen LogP contribution in [0.1, 0.15) is 431 Å². The van der Waals surface area contributed by atoms with Crippen LogP contribution in [-0.4, -0.2) is 47.4 Å². The number of carbonyl (C=O) groups is 2. The van der Waals surface area contributed by atoms with Crippen molar-refractivity contribution in [3.05, 3.63) is 48.6 Å². The molecular weight excluding hydrogens is 1070 g/mol. The lowest BCUT2D eigenvalue weighted by Gasteiger charge is -2.20. The fourth-order valence-corrected chi connectivity index (χ4v) is 12.3. The summed E-state index contributed by atoms with van der Waals surface area (Å²) in [6.45, 7) is 4.92. The first-order valence-electron chi connectivity index (χ1n) is 39.4. The van der Waals surface area contributed by atoms with E-state index in [1.165, 1.54) is 353 Å². The Morgan fingerprint density at radius 1 is 0.322 bits per heavy atom. The van der Waals surface area contributed by atoms with Gasteiger partial charge in [0.05, 0.1) is 25.4 Å². The van der Waals surface area contributed by atoms with E-state index in [9.17, 15) is 19.8 Å². The van der Waals surface area contributed by atoms with Crippen molar-refractivity contribution >= 4 is 11.9 Å². The quantitative estimate of drug-likeness (QED) is 0.0320. The molecule has 0 aliphatic carbocycles. The van der Waals surface area contributed by atoms with Crippen molar-refractivity contribution in [2.24, 2.45) is 0 Å². The molecule has 0 bridgehead atoms. The highest BCUT2D eigenvalue weighted by Gasteiger charge is 2.18. The van der Waals surface area contributed by atoms with Gasteiger partial charge >= 0.3 is 5.97 Å². The fourth-order valence-electron chi connectivity index (χ4n) is 12.3. The van der Waals surface area contributed by atoms with Crippen LogP contribution >= 0.6 is 0 Å². The van der Waals surface area contributed by atoms with Gasteiger partial charge in [-0.05, 0) is 89.9 Å². The van der Waals surface area contributed by atoms with Gasteiger partial charge in [0, 0.05) is 12.8 Å². The summed E-state index contributed by atoms with van der Waals surface area (Å²) in [6, 6.07) is -0.630. The first-order valence-corrected chi connectivity index (χ1v) is 39.4. The van der Waals surface area contributed by atoms with Crippen LogP contribution in [0.2, 0.25) is 0 Å². The maximum Gasteiger partial charge on any atom is 0.305 e. The van der Waals surface area contributed by atoms with Crippen LogP contribution in [0, 0.1) is 0 Å². The zero-order valence-electron chi connectivity index (χ0n) is 58.8. The Kier molecular flexibility index (Phi) is 74.4. The monoisotopic (exact) mass is 1220 g/mol. The fraction of sp³-hybridized carbons (Fsp3) is 0.877. The minimum atomic E-state index is -0.847. The van der Waals surface area contributed by atoms with Gasteiger partial charge in [-0.2, -0.15) is 0 Å². The molecule has 0 heterocycles. The summed E-state index contributed by atoms with van der Waals surface area (Å²) in [5, 5.41) is 23.3. The molecule has 0 fully saturated rings. The largest absolute Gasteiger partial charge is 0.466 e. The molecule has 0 aromatic rings. The minimum Gasteiger partial charge on any atom is -0.466 e. The second-order valence-corrected chi connectivity index (χ2v) is 27.0. The summed E-state index contributed by atoms with van der Waals surface area (Å²) in [5.41, 5.74) is 0. The van der Waals surface area contributed by atoms with Crippen molar-refractivity contribution in [1.82, 2.24) is 5.32 Å². The Balaban J connectivity index is 3.40. The second kappa shape index (κ2) is 76.3. The number of hydrogen-bond donors (Lipinski definition) is 3. The van der Waals surface area contributed by atoms with Crippen LogP contribution in [0.15, 0.2) is 48.6 Å². The zero-order valence-corrected chi connectivity index (χ0v) is 58.8. The van der Waals surface area contributed by atoms with E-state index in [1.54, 1.807) is 6.08 Å². The number of amides is 1. The minimum absolute atomic E-state index is 0.00825. The number of aliphatic hydroxyl groups excluding tert-OH is 2. The van der Waals surface area contributed by atoms with Gasteiger partial charge in [-0.1, -0.05) is 377 Å². The summed E-state index contributed by atoms with van der Waals surface area (Å²) in [4.78, 5) is 24.7. The molecule has 0 aromatic carbocycles. The van der Waals surface area contributed by atoms with Crippen molar-refractivity contribution in [2.45, 2.75) is 443 Å². The van der Waals surface area contributed by atoms with Crippen molar-refractivity contribution in [2.75, 3.05) is 13.2 Å². The number of aliphatic hydroxyl groups is 2. The van der Waals surface area contributed by atoms with Gasteiger partial charge in [0.2, 0.25) is 5.91 Å². The van der Waals surface area contributed by atoms with Crippen LogP contribution in [-0.2, 0) is 14.3 Å². The predicted octanol–water partition coefficient (Wildman–Crippen LogP) is 26.0. The molecule has 0 spiro atoms. The average Bonchev–Trinajstić information content (AvgIpc) is 3.53. The van der Waals surface area contributed by atoms with Gasteiger partial charge in [0.25, 0.3) is 0 Å². The molecule has 2 atom stereocenters. The average molecular weight is 1220 g/mol. The van der Waals surface area contributed by atoms with E-state index in [0.29, 0.717) is 19.4 Å². The number of rotatable bonds is 74. The molecule has 6 heteroatoms. The van der Waals surface area contributed by atoms with Crippen LogP contribution in [0.4, 0.5) is 0 Å². The van der Waals surface area contributed by atoms with E-state index in [-0.39, 0.29) is 18.5 Å². The topological polar surface area (TPSA) is 95.9 Å². The molecule has 2 unspecified atom stereocenters. The Morgan fingerprint density at radius 2 is 0.575 bits per heavy atom. The van der Waals surface area contributed by atoms with Gasteiger partial charge in [0.15, 0.2) is 0 Å². The lowest BCUT2D eigenvalue weighted by Crippen LogP contribution is -2.45. The Bertz CT molecular complexity index is 1450. The Hall–Kier alpha value is -2.18. The summed E-state index contributed by atoms with van der Waals surface area (Å²) in [5.74, 6) is -0.0552. The molecule has 0 aromatic heterocycles. The number of hydrogen-bond acceptors (Lipinski definition) is 5. The van der Waals surface area contributed by atoms with Crippen molar-refractivity contribution in [1.29, 1.82) is 0 Å². The van der Waals surface area contributed by atoms with Gasteiger partial charge in [0.1, 0.15) is 0 Å². The maximum absolute atomic E-state index is 12.6. The maximum atomic E-state index is 12.6. The SMILES string of the molecule is CCCCC/C=C\C/C=C\CCCCCCCCCC(=O)OCCCCCCCCCCCCCC/C=C\CCCCCCCCCCCCCCC(=O)NC(CO)C(O)/C=C/CCCCCCCCCCCCCCCCCCCCCCCCC. The molecule has 0 saturated carbocycles. The zero-order chi connectivity index (χ0) is 62.8. The number of unbranched alkanes of at least 4 members (excludes halogenated alkanes) is 57. The lowest BCUT2D eigenvalue weighted by atomic mass is 10.0. The highest BCUT2D eigenvalue weighted by molar-refractivity contribution is 5.76. The molecule has 0 aliphatic heterocycles. The van der Waals surface area contributed by atoms with Crippen molar-refractivity contribution in [3.63, 3.8) is 0 Å². The van der Waals surface area contributed by atoms with Crippen LogP contribution < -0.4 is 5.32 Å². The first kappa shape index (κ1) is 84.8. The number of ether oxygens (including phenoxy) is 1. The molecule has 6 nitrogen and oxygen atoms in total. The van der Waals surface area contributed by atoms with Gasteiger partial charge in [-0.15, -0.1) is 0 Å². The molecule has 87 heavy (non-hydrogen) atoms. The van der Waals surface area contributed by atoms with Crippen LogP contribution in [0.3, 0.4) is 0 Å². The van der Waals surface area contributed by atoms with Crippen molar-refractivity contribution < 1.29 is 24.5 Å². The van der Waals surface area contributed by atoms with E-state index >= 15 is 0 Å². The van der Waals surface area contributed by atoms with E-state index in [4.69, 9.17) is 4.74 Å².